The van der Waals surface area contributed by atoms with Gasteiger partial charge in [0.1, 0.15) is 22.8 Å². The van der Waals surface area contributed by atoms with Crippen molar-refractivity contribution < 1.29 is 39.6 Å². The number of aromatic hydroxyl groups is 1. The molecule has 45 heavy (non-hydrogen) atoms. The predicted molar refractivity (Wildman–Crippen MR) is 166 cm³/mol. The van der Waals surface area contributed by atoms with Gasteiger partial charge in [-0.1, -0.05) is 18.2 Å². The summed E-state index contributed by atoms with van der Waals surface area (Å²) in [5, 5.41) is 51.1. The number of carbonyl (C=O) groups excluding carboxylic acids is 4. The fraction of sp³-hybridized carbons (Fsp3) is 0.394. The highest BCUT2D eigenvalue weighted by Gasteiger charge is 2.64. The first kappa shape index (κ1) is 31.9. The summed E-state index contributed by atoms with van der Waals surface area (Å²) >= 11 is 0. The van der Waals surface area contributed by atoms with Crippen LogP contribution in [0.2, 0.25) is 0 Å². The number of phenols is 1. The van der Waals surface area contributed by atoms with Crippen LogP contribution in [0.15, 0.2) is 53.3 Å². The van der Waals surface area contributed by atoms with Crippen LogP contribution in [0.1, 0.15) is 38.3 Å². The second-order valence-corrected chi connectivity index (χ2v) is 13.2. The smallest absolute Gasteiger partial charge is 0.255 e. The van der Waals surface area contributed by atoms with E-state index < -0.39 is 58.0 Å². The van der Waals surface area contributed by atoms with Crippen LogP contribution in [0.5, 0.6) is 5.75 Å². The van der Waals surface area contributed by atoms with Crippen LogP contribution in [-0.2, 0) is 25.6 Å². The molecule has 0 heterocycles. The normalized spacial score (nSPS) is 24.7. The van der Waals surface area contributed by atoms with E-state index in [0.717, 1.165) is 5.56 Å². The SMILES string of the molecule is CN(C)[C@H]1C(=O)C(C(N)=O)=C(O)[C@]2(O)C(=O)C3=C(O)c4c(O)ccc(-c5ccc(NC(=O)CNC(C)(C)C)cc5)c4C[C@@H]3C[C@H]12. The number of anilines is 1. The van der Waals surface area contributed by atoms with Crippen LogP contribution < -0.4 is 16.4 Å². The lowest BCUT2D eigenvalue weighted by atomic mass is 9.57. The third-order valence-electron chi connectivity index (χ3n) is 8.86. The number of aliphatic hydroxyl groups is 3. The number of nitrogens with zero attached hydrogens (tertiary/aromatic N) is 1. The molecule has 0 radical (unpaired) electrons. The highest BCUT2D eigenvalue weighted by atomic mass is 16.3. The molecule has 1 fully saturated rings. The third kappa shape index (κ3) is 5.28. The first-order valence-electron chi connectivity index (χ1n) is 14.6. The zero-order valence-corrected chi connectivity index (χ0v) is 25.8. The van der Waals surface area contributed by atoms with E-state index in [0.29, 0.717) is 16.8 Å². The number of primary amides is 1. The summed E-state index contributed by atoms with van der Waals surface area (Å²) in [4.78, 5) is 53.3. The van der Waals surface area contributed by atoms with Crippen molar-refractivity contribution >= 4 is 34.8 Å². The minimum absolute atomic E-state index is 0.00553. The van der Waals surface area contributed by atoms with Gasteiger partial charge in [0.25, 0.3) is 5.91 Å². The Labute approximate surface area is 260 Å². The van der Waals surface area contributed by atoms with E-state index in [4.69, 9.17) is 5.73 Å². The summed E-state index contributed by atoms with van der Waals surface area (Å²) in [5.41, 5.74) is 3.92. The van der Waals surface area contributed by atoms with Crippen LogP contribution in [0.4, 0.5) is 5.69 Å². The molecular formula is C33H38N4O8. The molecule has 0 bridgehead atoms. The number of likely N-dealkylation sites (N-methyl/N-ethyl adjacent to an activating group) is 1. The van der Waals surface area contributed by atoms with E-state index >= 15 is 0 Å². The van der Waals surface area contributed by atoms with Crippen molar-refractivity contribution in [3.05, 3.63) is 64.4 Å². The Kier molecular flexibility index (Phi) is 7.89. The number of nitrogens with two attached hydrogens (primary N) is 1. The fourth-order valence-electron chi connectivity index (χ4n) is 6.80. The zero-order chi connectivity index (χ0) is 33.2. The minimum Gasteiger partial charge on any atom is -0.508 e. The maximum Gasteiger partial charge on any atom is 0.255 e. The highest BCUT2D eigenvalue weighted by molar-refractivity contribution is 6.24. The number of ketones is 2. The summed E-state index contributed by atoms with van der Waals surface area (Å²) in [5.74, 6) is -7.18. The molecule has 1 saturated carbocycles. The van der Waals surface area contributed by atoms with Gasteiger partial charge in [-0.2, -0.15) is 0 Å². The zero-order valence-electron chi connectivity index (χ0n) is 25.8. The van der Waals surface area contributed by atoms with E-state index in [1.807, 2.05) is 20.8 Å². The van der Waals surface area contributed by atoms with Crippen LogP contribution in [-0.4, -0.2) is 86.5 Å². The lowest BCUT2D eigenvalue weighted by Crippen LogP contribution is -2.65. The van der Waals surface area contributed by atoms with Crippen molar-refractivity contribution in [2.24, 2.45) is 17.6 Å². The average molecular weight is 619 g/mol. The van der Waals surface area contributed by atoms with Crippen molar-refractivity contribution in [1.82, 2.24) is 10.2 Å². The Morgan fingerprint density at radius 1 is 1.04 bits per heavy atom. The van der Waals surface area contributed by atoms with E-state index in [2.05, 4.69) is 10.6 Å². The van der Waals surface area contributed by atoms with Gasteiger partial charge in [0.05, 0.1) is 18.2 Å². The van der Waals surface area contributed by atoms with Gasteiger partial charge < -0.3 is 36.8 Å². The number of aliphatic hydroxyl groups excluding tert-OH is 2. The number of nitrogens with one attached hydrogen (secondary N) is 2. The van der Waals surface area contributed by atoms with Gasteiger partial charge in [-0.25, -0.2) is 0 Å². The number of benzene rings is 2. The Morgan fingerprint density at radius 2 is 1.69 bits per heavy atom. The molecule has 2 amide bonds. The van der Waals surface area contributed by atoms with Crippen molar-refractivity contribution in [3.63, 3.8) is 0 Å². The highest BCUT2D eigenvalue weighted by Crippen LogP contribution is 2.53. The number of phenolic OH excluding ortho intramolecular Hbond substituents is 1. The molecule has 3 aliphatic carbocycles. The van der Waals surface area contributed by atoms with Crippen LogP contribution in [0.3, 0.4) is 0 Å². The van der Waals surface area contributed by atoms with Crippen LogP contribution in [0, 0.1) is 11.8 Å². The number of fused-ring (bicyclic) bond motifs is 3. The minimum atomic E-state index is -2.69. The molecule has 0 aliphatic heterocycles. The first-order valence-corrected chi connectivity index (χ1v) is 14.6. The lowest BCUT2D eigenvalue weighted by Gasteiger charge is -2.50. The summed E-state index contributed by atoms with van der Waals surface area (Å²) in [6.45, 7) is 6.02. The van der Waals surface area contributed by atoms with Crippen molar-refractivity contribution in [2.45, 2.75) is 50.8 Å². The van der Waals surface area contributed by atoms with E-state index in [1.165, 1.54) is 11.0 Å². The van der Waals surface area contributed by atoms with Gasteiger partial charge in [0.15, 0.2) is 11.4 Å². The molecule has 0 saturated heterocycles. The monoisotopic (exact) mass is 618 g/mol. The molecule has 8 N–H and O–H groups in total. The molecule has 12 nitrogen and oxygen atoms in total. The first-order chi connectivity index (χ1) is 21.0. The molecule has 4 atom stereocenters. The van der Waals surface area contributed by atoms with Crippen molar-refractivity contribution in [3.8, 4) is 16.9 Å². The summed E-state index contributed by atoms with van der Waals surface area (Å²) in [6, 6.07) is 8.96. The van der Waals surface area contributed by atoms with Gasteiger partial charge in [-0.05, 0) is 88.5 Å². The molecule has 238 valence electrons. The standard InChI is InChI=1S/C33H38N4O8/c1-32(2,3)35-14-22(39)36-17-8-6-15(7-9-17)18-10-11-21(38)24-19(18)12-16-13-20-26(37(4)5)28(41)25(31(34)44)30(43)33(20,45)29(42)23(16)27(24)40/h6-11,16,20,26,35,38,40,43,45H,12-14H2,1-5H3,(H2,34,44)(H,36,39)/t16-,20-,26-,33-/m1/s1. The Morgan fingerprint density at radius 3 is 2.27 bits per heavy atom. The summed E-state index contributed by atoms with van der Waals surface area (Å²) < 4.78 is 0. The number of carbonyl (C=O) groups is 4. The van der Waals surface area contributed by atoms with Crippen LogP contribution in [0.25, 0.3) is 16.9 Å². The van der Waals surface area contributed by atoms with E-state index in [9.17, 15) is 39.6 Å². The molecule has 0 unspecified atom stereocenters. The molecule has 3 aliphatic rings. The number of rotatable bonds is 6. The van der Waals surface area contributed by atoms with Crippen molar-refractivity contribution in [1.29, 1.82) is 0 Å². The fourth-order valence-corrected chi connectivity index (χ4v) is 6.80. The predicted octanol–water partition coefficient (Wildman–Crippen LogP) is 1.96. The van der Waals surface area contributed by atoms with Gasteiger partial charge in [0.2, 0.25) is 11.7 Å². The second-order valence-electron chi connectivity index (χ2n) is 13.2. The molecule has 5 rings (SSSR count). The van der Waals surface area contributed by atoms with Crippen molar-refractivity contribution in [2.75, 3.05) is 26.0 Å². The Bertz CT molecular complexity index is 1690. The lowest BCUT2D eigenvalue weighted by molar-refractivity contribution is -0.153. The number of hydrogen-bond donors (Lipinski definition) is 7. The third-order valence-corrected chi connectivity index (χ3v) is 8.86. The Balaban J connectivity index is 1.55. The molecular weight excluding hydrogens is 580 g/mol. The van der Waals surface area contributed by atoms with Crippen LogP contribution >= 0.6 is 0 Å². The van der Waals surface area contributed by atoms with Gasteiger partial charge >= 0.3 is 0 Å². The molecule has 12 heteroatoms. The summed E-state index contributed by atoms with van der Waals surface area (Å²) in [6.07, 6.45) is 0.156. The maximum atomic E-state index is 14.0. The topological polar surface area (TPSA) is 203 Å². The molecule has 2 aromatic carbocycles. The van der Waals surface area contributed by atoms with E-state index in [1.54, 1.807) is 44.4 Å². The molecule has 2 aromatic rings. The van der Waals surface area contributed by atoms with Gasteiger partial charge in [-0.3, -0.25) is 24.1 Å². The summed E-state index contributed by atoms with van der Waals surface area (Å²) in [7, 11) is 3.10. The second kappa shape index (κ2) is 11.1. The Hall–Kier alpha value is -4.52. The molecule has 0 aromatic heterocycles. The number of Topliss-reactive ketones (excluding diaryl/α,β-unsaturated/α-hetero) is 2. The largest absolute Gasteiger partial charge is 0.508 e. The maximum absolute atomic E-state index is 14.0. The number of hydrogen-bond acceptors (Lipinski definition) is 10. The number of amides is 2. The van der Waals surface area contributed by atoms with Gasteiger partial charge in [-0.15, -0.1) is 0 Å². The quantitative estimate of drug-likeness (QED) is 0.235. The van der Waals surface area contributed by atoms with E-state index in [-0.39, 0.29) is 47.7 Å². The molecule has 0 spiro atoms. The average Bonchev–Trinajstić information content (AvgIpc) is 2.94. The van der Waals surface area contributed by atoms with Gasteiger partial charge in [0, 0.05) is 22.7 Å².